The van der Waals surface area contributed by atoms with Crippen LogP contribution in [0.1, 0.15) is 11.4 Å². The van der Waals surface area contributed by atoms with Gasteiger partial charge in [-0.25, -0.2) is 4.98 Å². The molecule has 2 rings (SSSR count). The fourth-order valence-electron chi connectivity index (χ4n) is 1.28. The molecule has 0 aliphatic heterocycles. The summed E-state index contributed by atoms with van der Waals surface area (Å²) in [5.41, 5.74) is 8.08. The Balaban J connectivity index is 2.31. The first kappa shape index (κ1) is 11.9. The van der Waals surface area contributed by atoms with Gasteiger partial charge in [-0.2, -0.15) is 0 Å². The van der Waals surface area contributed by atoms with E-state index in [2.05, 4.69) is 25.9 Å². The first-order chi connectivity index (χ1) is 8.06. The van der Waals surface area contributed by atoms with Crippen LogP contribution in [0.3, 0.4) is 0 Å². The number of rotatable bonds is 2. The van der Waals surface area contributed by atoms with Crippen molar-refractivity contribution in [1.82, 2.24) is 9.97 Å². The summed E-state index contributed by atoms with van der Waals surface area (Å²) in [5, 5.41) is 0. The van der Waals surface area contributed by atoms with Gasteiger partial charge in [-0.3, -0.25) is 4.98 Å². The maximum absolute atomic E-state index is 5.70. The maximum atomic E-state index is 5.70. The monoisotopic (exact) mass is 293 g/mol. The number of hydrogen-bond acceptors (Lipinski definition) is 4. The molecule has 0 aliphatic rings. The summed E-state index contributed by atoms with van der Waals surface area (Å²) in [5.74, 6) is 1.09. The average molecular weight is 294 g/mol. The predicted molar refractivity (Wildman–Crippen MR) is 70.1 cm³/mol. The van der Waals surface area contributed by atoms with E-state index in [1.54, 1.807) is 18.3 Å². The molecular formula is C12H12BrN3O. The highest BCUT2D eigenvalue weighted by Gasteiger charge is 2.06. The standard InChI is InChI=1S/C12H12BrN3O/c1-7-8(2)16-12(6-15-7)17-11-5-9(14)3-4-10(11)13/h3-6H,14H2,1-2H3. The summed E-state index contributed by atoms with van der Waals surface area (Å²) < 4.78 is 6.45. The number of benzene rings is 1. The van der Waals surface area contributed by atoms with Crippen LogP contribution in [0, 0.1) is 13.8 Å². The minimum Gasteiger partial charge on any atom is -0.436 e. The minimum atomic E-state index is 0.458. The number of ether oxygens (including phenoxy) is 1. The van der Waals surface area contributed by atoms with Crippen LogP contribution in [0.15, 0.2) is 28.9 Å². The number of nitrogen functional groups attached to an aromatic ring is 1. The van der Waals surface area contributed by atoms with Gasteiger partial charge in [0.15, 0.2) is 0 Å². The van der Waals surface area contributed by atoms with E-state index in [9.17, 15) is 0 Å². The van der Waals surface area contributed by atoms with Crippen LogP contribution in [0.5, 0.6) is 11.6 Å². The fourth-order valence-corrected chi connectivity index (χ4v) is 1.61. The molecule has 0 radical (unpaired) electrons. The van der Waals surface area contributed by atoms with E-state index in [1.807, 2.05) is 19.9 Å². The van der Waals surface area contributed by atoms with Crippen molar-refractivity contribution < 1.29 is 4.74 Å². The molecule has 5 heteroatoms. The molecule has 0 amide bonds. The van der Waals surface area contributed by atoms with Crippen LogP contribution < -0.4 is 10.5 Å². The van der Waals surface area contributed by atoms with Crippen molar-refractivity contribution in [1.29, 1.82) is 0 Å². The Morgan fingerprint density at radius 1 is 1.24 bits per heavy atom. The van der Waals surface area contributed by atoms with Crippen LogP contribution in [0.2, 0.25) is 0 Å². The van der Waals surface area contributed by atoms with Crippen LogP contribution in [0.4, 0.5) is 5.69 Å². The van der Waals surface area contributed by atoms with Gasteiger partial charge in [-0.05, 0) is 41.9 Å². The molecule has 1 aromatic carbocycles. The molecule has 0 saturated carbocycles. The number of aromatic nitrogens is 2. The lowest BCUT2D eigenvalue weighted by Gasteiger charge is -2.08. The van der Waals surface area contributed by atoms with Crippen LogP contribution >= 0.6 is 15.9 Å². The number of nitrogens with zero attached hydrogens (tertiary/aromatic N) is 2. The van der Waals surface area contributed by atoms with Crippen LogP contribution in [-0.2, 0) is 0 Å². The number of anilines is 1. The Labute approximate surface area is 108 Å². The van der Waals surface area contributed by atoms with Crippen molar-refractivity contribution in [2.45, 2.75) is 13.8 Å². The molecular weight excluding hydrogens is 282 g/mol. The molecule has 0 fully saturated rings. The molecule has 2 aromatic rings. The molecule has 0 unspecified atom stereocenters. The Morgan fingerprint density at radius 3 is 2.71 bits per heavy atom. The summed E-state index contributed by atoms with van der Waals surface area (Å²) in [6.45, 7) is 3.80. The predicted octanol–water partition coefficient (Wildman–Crippen LogP) is 3.23. The minimum absolute atomic E-state index is 0.458. The van der Waals surface area contributed by atoms with Crippen molar-refractivity contribution >= 4 is 21.6 Å². The third-order valence-electron chi connectivity index (χ3n) is 2.34. The van der Waals surface area contributed by atoms with Crippen LogP contribution in [0.25, 0.3) is 0 Å². The van der Waals surface area contributed by atoms with E-state index in [0.717, 1.165) is 15.9 Å². The second-order valence-electron chi connectivity index (χ2n) is 3.67. The van der Waals surface area contributed by atoms with Crippen LogP contribution in [-0.4, -0.2) is 9.97 Å². The quantitative estimate of drug-likeness (QED) is 0.864. The van der Waals surface area contributed by atoms with Gasteiger partial charge >= 0.3 is 0 Å². The van der Waals surface area contributed by atoms with Gasteiger partial charge in [0.1, 0.15) is 5.75 Å². The molecule has 0 spiro atoms. The lowest BCUT2D eigenvalue weighted by Crippen LogP contribution is -1.96. The fraction of sp³-hybridized carbons (Fsp3) is 0.167. The van der Waals surface area contributed by atoms with Crippen molar-refractivity contribution in [3.8, 4) is 11.6 Å². The topological polar surface area (TPSA) is 61.0 Å². The van der Waals surface area contributed by atoms with Gasteiger partial charge in [0.25, 0.3) is 0 Å². The van der Waals surface area contributed by atoms with E-state index >= 15 is 0 Å². The lowest BCUT2D eigenvalue weighted by molar-refractivity contribution is 0.455. The largest absolute Gasteiger partial charge is 0.436 e. The van der Waals surface area contributed by atoms with E-state index in [-0.39, 0.29) is 0 Å². The highest BCUT2D eigenvalue weighted by atomic mass is 79.9. The second-order valence-corrected chi connectivity index (χ2v) is 4.53. The van der Waals surface area contributed by atoms with E-state index < -0.39 is 0 Å². The zero-order valence-corrected chi connectivity index (χ0v) is 11.2. The van der Waals surface area contributed by atoms with E-state index in [0.29, 0.717) is 17.3 Å². The normalized spacial score (nSPS) is 10.3. The highest BCUT2D eigenvalue weighted by molar-refractivity contribution is 9.10. The van der Waals surface area contributed by atoms with Gasteiger partial charge in [0.2, 0.25) is 5.88 Å². The van der Waals surface area contributed by atoms with Gasteiger partial charge in [-0.1, -0.05) is 0 Å². The summed E-state index contributed by atoms with van der Waals surface area (Å²) in [7, 11) is 0. The molecule has 4 nitrogen and oxygen atoms in total. The van der Waals surface area contributed by atoms with Gasteiger partial charge < -0.3 is 10.5 Å². The summed E-state index contributed by atoms with van der Waals surface area (Å²) in [6.07, 6.45) is 1.60. The SMILES string of the molecule is Cc1ncc(Oc2cc(N)ccc2Br)nc1C. The Bertz CT molecular complexity index is 557. The maximum Gasteiger partial charge on any atom is 0.238 e. The first-order valence-corrected chi connectivity index (χ1v) is 5.88. The zero-order valence-electron chi connectivity index (χ0n) is 9.57. The van der Waals surface area contributed by atoms with Crippen molar-refractivity contribution in [2.24, 2.45) is 0 Å². The van der Waals surface area contributed by atoms with E-state index in [1.165, 1.54) is 0 Å². The molecule has 2 N–H and O–H groups in total. The summed E-state index contributed by atoms with van der Waals surface area (Å²) in [4.78, 5) is 8.49. The summed E-state index contributed by atoms with van der Waals surface area (Å²) in [6, 6.07) is 5.36. The Hall–Kier alpha value is -1.62. The third kappa shape index (κ3) is 2.74. The highest BCUT2D eigenvalue weighted by Crippen LogP contribution is 2.30. The summed E-state index contributed by atoms with van der Waals surface area (Å²) >= 11 is 3.39. The molecule has 0 aliphatic carbocycles. The number of hydrogen-bond donors (Lipinski definition) is 1. The number of aryl methyl sites for hydroxylation is 2. The molecule has 1 heterocycles. The third-order valence-corrected chi connectivity index (χ3v) is 3.00. The lowest BCUT2D eigenvalue weighted by atomic mass is 10.3. The molecule has 88 valence electrons. The second kappa shape index (κ2) is 4.71. The smallest absolute Gasteiger partial charge is 0.238 e. The van der Waals surface area contributed by atoms with Gasteiger partial charge in [0.05, 0.1) is 22.1 Å². The number of nitrogens with two attached hydrogens (primary N) is 1. The molecule has 0 atom stereocenters. The Morgan fingerprint density at radius 2 is 2.00 bits per heavy atom. The van der Waals surface area contributed by atoms with E-state index in [4.69, 9.17) is 10.5 Å². The molecule has 0 saturated heterocycles. The molecule has 17 heavy (non-hydrogen) atoms. The molecule has 1 aromatic heterocycles. The van der Waals surface area contributed by atoms with Gasteiger partial charge in [-0.15, -0.1) is 0 Å². The first-order valence-electron chi connectivity index (χ1n) is 5.09. The van der Waals surface area contributed by atoms with Crippen molar-refractivity contribution in [2.75, 3.05) is 5.73 Å². The van der Waals surface area contributed by atoms with Crippen molar-refractivity contribution in [3.05, 3.63) is 40.3 Å². The number of halogens is 1. The zero-order chi connectivity index (χ0) is 12.4. The van der Waals surface area contributed by atoms with Gasteiger partial charge in [0, 0.05) is 11.8 Å². The van der Waals surface area contributed by atoms with Crippen molar-refractivity contribution in [3.63, 3.8) is 0 Å². The average Bonchev–Trinajstić information content (AvgIpc) is 2.29. The Kier molecular flexibility index (Phi) is 3.28. The molecule has 0 bridgehead atoms.